The highest BCUT2D eigenvalue weighted by Gasteiger charge is 2.20. The monoisotopic (exact) mass is 284 g/mol. The molecule has 0 aliphatic heterocycles. The Morgan fingerprint density at radius 1 is 1.56 bits per heavy atom. The molecule has 1 heterocycles. The number of ether oxygens (including phenoxy) is 1. The molecule has 1 aromatic rings. The van der Waals surface area contributed by atoms with E-state index in [9.17, 15) is 4.79 Å². The van der Waals surface area contributed by atoms with Crippen molar-refractivity contribution in [3.63, 3.8) is 0 Å². The summed E-state index contributed by atoms with van der Waals surface area (Å²) in [4.78, 5) is 11.6. The van der Waals surface area contributed by atoms with Gasteiger partial charge >= 0.3 is 5.97 Å². The van der Waals surface area contributed by atoms with E-state index >= 15 is 0 Å². The van der Waals surface area contributed by atoms with Gasteiger partial charge in [0.1, 0.15) is 5.51 Å². The van der Waals surface area contributed by atoms with Crippen LogP contribution in [0.5, 0.6) is 0 Å². The van der Waals surface area contributed by atoms with Crippen LogP contribution in [0.15, 0.2) is 22.0 Å². The minimum Gasteiger partial charge on any atom is -0.465 e. The van der Waals surface area contributed by atoms with Crippen LogP contribution in [0, 0.1) is 11.8 Å². The van der Waals surface area contributed by atoms with E-state index in [1.165, 1.54) is 23.1 Å². The van der Waals surface area contributed by atoms with Gasteiger partial charge in [-0.2, -0.15) is 0 Å². The summed E-state index contributed by atoms with van der Waals surface area (Å²) in [5.41, 5.74) is 1.66. The van der Waals surface area contributed by atoms with Crippen molar-refractivity contribution in [2.24, 2.45) is 11.8 Å². The average Bonchev–Trinajstić information content (AvgIpc) is 2.88. The van der Waals surface area contributed by atoms with Crippen LogP contribution in [0.25, 0.3) is 0 Å². The van der Waals surface area contributed by atoms with Crippen LogP contribution in [0.3, 0.4) is 0 Å². The molecule has 1 aliphatic rings. The summed E-state index contributed by atoms with van der Waals surface area (Å²) in [7, 11) is 0. The number of aromatic nitrogens is 2. The van der Waals surface area contributed by atoms with E-state index in [1.807, 2.05) is 0 Å². The molecule has 0 N–H and O–H groups in total. The van der Waals surface area contributed by atoms with Gasteiger partial charge in [0, 0.05) is 0 Å². The minimum absolute atomic E-state index is 0.169. The second kappa shape index (κ2) is 6.89. The number of thioether (sulfide) groups is 1. The van der Waals surface area contributed by atoms with Gasteiger partial charge in [0.05, 0.1) is 12.4 Å². The summed E-state index contributed by atoms with van der Waals surface area (Å²) in [6.07, 6.45) is 6.47. The van der Waals surface area contributed by atoms with Crippen LogP contribution in [0.1, 0.15) is 19.8 Å². The molecular weight excluding hydrogens is 268 g/mol. The molecule has 0 spiro atoms. The van der Waals surface area contributed by atoms with Crippen molar-refractivity contribution in [3.05, 3.63) is 17.7 Å². The number of nitrogens with zero attached hydrogens (tertiary/aromatic N) is 2. The predicted molar refractivity (Wildman–Crippen MR) is 72.6 cm³/mol. The highest BCUT2D eigenvalue weighted by atomic mass is 32.2. The first-order chi connectivity index (χ1) is 8.75. The third kappa shape index (κ3) is 4.10. The molecular formula is C12H16N2O2S2. The molecule has 1 aromatic heterocycles. The van der Waals surface area contributed by atoms with Crippen LogP contribution in [0.4, 0.5) is 0 Å². The fourth-order valence-corrected chi connectivity index (χ4v) is 3.11. The van der Waals surface area contributed by atoms with Gasteiger partial charge in [-0.3, -0.25) is 4.79 Å². The molecule has 98 valence electrons. The summed E-state index contributed by atoms with van der Waals surface area (Å²) in [6.45, 7) is 2.74. The van der Waals surface area contributed by atoms with E-state index in [4.69, 9.17) is 4.74 Å². The lowest BCUT2D eigenvalue weighted by Gasteiger charge is -2.24. The van der Waals surface area contributed by atoms with Crippen molar-refractivity contribution in [1.29, 1.82) is 0 Å². The minimum atomic E-state index is -0.169. The normalized spacial score (nSPS) is 22.9. The lowest BCUT2D eigenvalue weighted by atomic mass is 9.85. The SMILES string of the molecule is C[C@H]1CC=CC[C@H]1COC(=O)CSc1nncs1. The molecule has 0 radical (unpaired) electrons. The Kier molecular flexibility index (Phi) is 5.19. The van der Waals surface area contributed by atoms with Crippen molar-refractivity contribution < 1.29 is 9.53 Å². The number of esters is 1. The quantitative estimate of drug-likeness (QED) is 0.473. The maximum Gasteiger partial charge on any atom is 0.316 e. The molecule has 0 amide bonds. The third-order valence-corrected chi connectivity index (χ3v) is 4.86. The molecule has 0 bridgehead atoms. The lowest BCUT2D eigenvalue weighted by Crippen LogP contribution is -2.22. The van der Waals surface area contributed by atoms with E-state index in [-0.39, 0.29) is 5.97 Å². The lowest BCUT2D eigenvalue weighted by molar-refractivity contribution is -0.142. The smallest absolute Gasteiger partial charge is 0.316 e. The number of allylic oxidation sites excluding steroid dienone is 2. The van der Waals surface area contributed by atoms with Gasteiger partial charge in [-0.25, -0.2) is 0 Å². The number of carbonyl (C=O) groups is 1. The van der Waals surface area contributed by atoms with Crippen LogP contribution in [0.2, 0.25) is 0 Å². The van der Waals surface area contributed by atoms with E-state index < -0.39 is 0 Å². The Labute approximate surface area is 115 Å². The molecule has 18 heavy (non-hydrogen) atoms. The summed E-state index contributed by atoms with van der Waals surface area (Å²) >= 11 is 2.81. The molecule has 2 rings (SSSR count). The van der Waals surface area contributed by atoms with Crippen LogP contribution >= 0.6 is 23.1 Å². The number of hydrogen-bond donors (Lipinski definition) is 0. The van der Waals surface area contributed by atoms with Gasteiger partial charge in [-0.15, -0.1) is 10.2 Å². The topological polar surface area (TPSA) is 52.1 Å². The van der Waals surface area contributed by atoms with E-state index in [0.717, 1.165) is 17.2 Å². The van der Waals surface area contributed by atoms with Crippen LogP contribution in [-0.2, 0) is 9.53 Å². The van der Waals surface area contributed by atoms with Gasteiger partial charge in [0.15, 0.2) is 4.34 Å². The Bertz CT molecular complexity index is 406. The summed E-state index contributed by atoms with van der Waals surface area (Å²) in [5.74, 6) is 1.20. The van der Waals surface area contributed by atoms with Gasteiger partial charge in [0.25, 0.3) is 0 Å². The standard InChI is InChI=1S/C12H16N2O2S2/c1-9-4-2-3-5-10(9)6-16-11(15)7-17-12-14-13-8-18-12/h2-3,8-10H,4-7H2,1H3/t9-,10-/m0/s1. The number of carbonyl (C=O) groups excluding carboxylic acids is 1. The molecule has 2 atom stereocenters. The van der Waals surface area contributed by atoms with Crippen molar-refractivity contribution in [2.75, 3.05) is 12.4 Å². The molecule has 1 aliphatic carbocycles. The van der Waals surface area contributed by atoms with Crippen molar-refractivity contribution >= 4 is 29.1 Å². The van der Waals surface area contributed by atoms with Crippen molar-refractivity contribution in [3.8, 4) is 0 Å². The molecule has 0 saturated carbocycles. The summed E-state index contributed by atoms with van der Waals surface area (Å²) < 4.78 is 6.12. The maximum absolute atomic E-state index is 11.6. The first-order valence-corrected chi connectivity index (χ1v) is 7.82. The largest absolute Gasteiger partial charge is 0.465 e. The Hall–Kier alpha value is -0.880. The van der Waals surface area contributed by atoms with E-state index in [1.54, 1.807) is 5.51 Å². The predicted octanol–water partition coefficient (Wildman–Crippen LogP) is 2.78. The van der Waals surface area contributed by atoms with Gasteiger partial charge in [0.2, 0.25) is 0 Å². The average molecular weight is 284 g/mol. The van der Waals surface area contributed by atoms with Gasteiger partial charge in [-0.05, 0) is 24.7 Å². The zero-order chi connectivity index (χ0) is 12.8. The molecule has 0 saturated heterocycles. The van der Waals surface area contributed by atoms with Crippen LogP contribution in [-0.4, -0.2) is 28.5 Å². The van der Waals surface area contributed by atoms with Gasteiger partial charge < -0.3 is 4.74 Å². The van der Waals surface area contributed by atoms with E-state index in [0.29, 0.717) is 24.2 Å². The fourth-order valence-electron chi connectivity index (χ4n) is 1.83. The first-order valence-electron chi connectivity index (χ1n) is 5.95. The molecule has 0 unspecified atom stereocenters. The Morgan fingerprint density at radius 3 is 3.11 bits per heavy atom. The highest BCUT2D eigenvalue weighted by molar-refractivity contribution is 8.01. The zero-order valence-corrected chi connectivity index (χ0v) is 11.9. The second-order valence-corrected chi connectivity index (χ2v) is 6.41. The van der Waals surface area contributed by atoms with E-state index in [2.05, 4.69) is 29.3 Å². The Balaban J connectivity index is 1.67. The number of rotatable bonds is 5. The first kappa shape index (κ1) is 13.5. The number of hydrogen-bond acceptors (Lipinski definition) is 6. The molecule has 6 heteroatoms. The zero-order valence-electron chi connectivity index (χ0n) is 10.2. The highest BCUT2D eigenvalue weighted by Crippen LogP contribution is 2.25. The fraction of sp³-hybridized carbons (Fsp3) is 0.583. The van der Waals surface area contributed by atoms with Gasteiger partial charge in [-0.1, -0.05) is 42.2 Å². The van der Waals surface area contributed by atoms with Crippen molar-refractivity contribution in [1.82, 2.24) is 10.2 Å². The maximum atomic E-state index is 11.6. The van der Waals surface area contributed by atoms with Crippen molar-refractivity contribution in [2.45, 2.75) is 24.1 Å². The Morgan fingerprint density at radius 2 is 2.39 bits per heavy atom. The molecule has 0 fully saturated rings. The molecule has 0 aromatic carbocycles. The molecule has 4 nitrogen and oxygen atoms in total. The van der Waals surface area contributed by atoms with Crippen LogP contribution < -0.4 is 0 Å². The third-order valence-electron chi connectivity index (χ3n) is 3.03. The summed E-state index contributed by atoms with van der Waals surface area (Å²) in [5, 5.41) is 7.58. The summed E-state index contributed by atoms with van der Waals surface area (Å²) in [6, 6.07) is 0. The second-order valence-electron chi connectivity index (χ2n) is 4.36.